The minimum absolute atomic E-state index is 0. The van der Waals surface area contributed by atoms with Crippen LogP contribution in [0.15, 0.2) is 42.5 Å². The van der Waals surface area contributed by atoms with Gasteiger partial charge in [0.25, 0.3) is 0 Å². The summed E-state index contributed by atoms with van der Waals surface area (Å²) < 4.78 is 25.5. The Bertz CT molecular complexity index is 483. The molecule has 4 heteroatoms. The zero-order valence-corrected chi connectivity index (χ0v) is 11.8. The Morgan fingerprint density at radius 3 is 1.94 bits per heavy atom. The van der Waals surface area contributed by atoms with E-state index < -0.39 is 0 Å². The van der Waals surface area contributed by atoms with Gasteiger partial charge in [-0.2, -0.15) is 0 Å². The molecule has 0 saturated carbocycles. The van der Waals surface area contributed by atoms with Crippen LogP contribution >= 0.6 is 11.6 Å². The first-order valence-corrected chi connectivity index (χ1v) is 4.75. The van der Waals surface area contributed by atoms with Crippen molar-refractivity contribution in [3.8, 4) is 11.1 Å². The van der Waals surface area contributed by atoms with Gasteiger partial charge >= 0.3 is 0 Å². The summed E-state index contributed by atoms with van der Waals surface area (Å²) in [6.07, 6.45) is 0. The van der Waals surface area contributed by atoms with Crippen molar-refractivity contribution in [1.29, 1.82) is 0 Å². The standard InChI is InChI=1S/C12H7ClF2.Sn/c13-12-7-10(15)5-6-11(12)8-1-3-9(14)4-2-8;/h1-7H;. The molecule has 80 valence electrons. The van der Waals surface area contributed by atoms with Crippen LogP contribution in [-0.4, -0.2) is 23.9 Å². The molecule has 0 spiro atoms. The molecule has 2 aromatic carbocycles. The summed E-state index contributed by atoms with van der Waals surface area (Å²) in [6.45, 7) is 0. The van der Waals surface area contributed by atoms with Crippen molar-refractivity contribution in [3.05, 3.63) is 59.1 Å². The first kappa shape index (κ1) is 13.5. The maximum absolute atomic E-state index is 12.8. The van der Waals surface area contributed by atoms with Crippen molar-refractivity contribution in [3.63, 3.8) is 0 Å². The fourth-order valence-electron chi connectivity index (χ4n) is 1.35. The van der Waals surface area contributed by atoms with Crippen LogP contribution in [0.4, 0.5) is 8.78 Å². The van der Waals surface area contributed by atoms with E-state index in [9.17, 15) is 8.78 Å². The molecule has 0 nitrogen and oxygen atoms in total. The second-order valence-corrected chi connectivity index (χ2v) is 3.54. The summed E-state index contributed by atoms with van der Waals surface area (Å²) in [6, 6.07) is 10.0. The Morgan fingerprint density at radius 2 is 1.38 bits per heavy atom. The summed E-state index contributed by atoms with van der Waals surface area (Å²) in [7, 11) is 0. The molecule has 0 aliphatic heterocycles. The van der Waals surface area contributed by atoms with Crippen LogP contribution in [0.2, 0.25) is 5.02 Å². The molecule has 0 saturated heterocycles. The molecule has 0 fully saturated rings. The molecule has 0 atom stereocenters. The SMILES string of the molecule is Fc1ccc(-c2ccc(F)cc2Cl)cc1.[Sn]. The van der Waals surface area contributed by atoms with Gasteiger partial charge in [-0.05, 0) is 35.9 Å². The predicted octanol–water partition coefficient (Wildman–Crippen LogP) is 3.90. The molecule has 2 rings (SSSR count). The van der Waals surface area contributed by atoms with Gasteiger partial charge in [0.05, 0.1) is 5.02 Å². The van der Waals surface area contributed by atoms with E-state index in [2.05, 4.69) is 0 Å². The monoisotopic (exact) mass is 344 g/mol. The summed E-state index contributed by atoms with van der Waals surface area (Å²) in [5.74, 6) is -0.692. The number of hydrogen-bond donors (Lipinski definition) is 0. The smallest absolute Gasteiger partial charge is 0.124 e. The Kier molecular flexibility index (Phi) is 4.74. The topological polar surface area (TPSA) is 0 Å². The Morgan fingerprint density at radius 1 is 0.812 bits per heavy atom. The average molecular weight is 343 g/mol. The van der Waals surface area contributed by atoms with Crippen LogP contribution in [0, 0.1) is 11.6 Å². The third kappa shape index (κ3) is 2.95. The van der Waals surface area contributed by atoms with Gasteiger partial charge in [-0.3, -0.25) is 0 Å². The maximum atomic E-state index is 12.8. The van der Waals surface area contributed by atoms with Gasteiger partial charge in [-0.1, -0.05) is 23.7 Å². The summed E-state index contributed by atoms with van der Waals surface area (Å²) >= 11 is 5.87. The largest absolute Gasteiger partial charge is 0.207 e. The van der Waals surface area contributed by atoms with Crippen LogP contribution in [-0.2, 0) is 0 Å². The first-order valence-electron chi connectivity index (χ1n) is 4.38. The van der Waals surface area contributed by atoms with Gasteiger partial charge in [0.1, 0.15) is 11.6 Å². The molecule has 0 amide bonds. The predicted molar refractivity (Wildman–Crippen MR) is 62.6 cm³/mol. The van der Waals surface area contributed by atoms with Crippen molar-refractivity contribution in [2.45, 2.75) is 0 Å². The Labute approximate surface area is 114 Å². The van der Waals surface area contributed by atoms with Crippen LogP contribution < -0.4 is 0 Å². The van der Waals surface area contributed by atoms with E-state index in [1.165, 1.54) is 24.3 Å². The first-order chi connectivity index (χ1) is 7.16. The van der Waals surface area contributed by atoms with E-state index in [4.69, 9.17) is 11.6 Å². The summed E-state index contributed by atoms with van der Waals surface area (Å²) in [4.78, 5) is 0. The van der Waals surface area contributed by atoms with E-state index in [0.717, 1.165) is 5.56 Å². The second kappa shape index (κ2) is 5.64. The molecule has 0 bridgehead atoms. The molecule has 0 aromatic heterocycles. The van der Waals surface area contributed by atoms with E-state index in [-0.39, 0.29) is 35.5 Å². The van der Waals surface area contributed by atoms with Crippen molar-refractivity contribution in [2.75, 3.05) is 0 Å². The van der Waals surface area contributed by atoms with E-state index >= 15 is 0 Å². The van der Waals surface area contributed by atoms with Gasteiger partial charge in [0, 0.05) is 29.5 Å². The molecule has 0 heterocycles. The molecule has 2 aromatic rings. The minimum atomic E-state index is -0.383. The van der Waals surface area contributed by atoms with E-state index in [1.807, 2.05) is 0 Å². The molecule has 0 unspecified atom stereocenters. The number of halogens is 3. The van der Waals surface area contributed by atoms with Gasteiger partial charge in [-0.25, -0.2) is 8.78 Å². The van der Waals surface area contributed by atoms with Crippen molar-refractivity contribution in [1.82, 2.24) is 0 Å². The minimum Gasteiger partial charge on any atom is -0.207 e. The van der Waals surface area contributed by atoms with Crippen molar-refractivity contribution >= 4 is 35.5 Å². The van der Waals surface area contributed by atoms with Crippen molar-refractivity contribution < 1.29 is 8.78 Å². The Hall–Kier alpha value is -0.611. The molecular formula is C12H7ClF2Sn. The second-order valence-electron chi connectivity index (χ2n) is 3.13. The zero-order valence-electron chi connectivity index (χ0n) is 8.18. The normalized spacial score (nSPS) is 9.69. The van der Waals surface area contributed by atoms with Gasteiger partial charge in [0.2, 0.25) is 0 Å². The van der Waals surface area contributed by atoms with E-state index in [1.54, 1.807) is 18.2 Å². The van der Waals surface area contributed by atoms with Crippen LogP contribution in [0.25, 0.3) is 11.1 Å². The van der Waals surface area contributed by atoms with Crippen LogP contribution in [0.3, 0.4) is 0 Å². The van der Waals surface area contributed by atoms with Crippen molar-refractivity contribution in [2.24, 2.45) is 0 Å². The molecule has 16 heavy (non-hydrogen) atoms. The molecule has 0 N–H and O–H groups in total. The Balaban J connectivity index is 0.00000128. The summed E-state index contributed by atoms with van der Waals surface area (Å²) in [5, 5.41) is 0.321. The maximum Gasteiger partial charge on any atom is 0.124 e. The van der Waals surface area contributed by atoms with Gasteiger partial charge in [0.15, 0.2) is 0 Å². The molecule has 4 radical (unpaired) electrons. The molecular weight excluding hydrogens is 336 g/mol. The quantitative estimate of drug-likeness (QED) is 0.689. The number of rotatable bonds is 1. The number of hydrogen-bond acceptors (Lipinski definition) is 0. The molecule has 0 aliphatic rings. The van der Waals surface area contributed by atoms with Crippen LogP contribution in [0.5, 0.6) is 0 Å². The summed E-state index contributed by atoms with van der Waals surface area (Å²) in [5.41, 5.74) is 1.46. The van der Waals surface area contributed by atoms with Gasteiger partial charge in [-0.15, -0.1) is 0 Å². The fourth-order valence-corrected chi connectivity index (χ4v) is 1.63. The average Bonchev–Trinajstić information content (AvgIpc) is 2.20. The van der Waals surface area contributed by atoms with E-state index in [0.29, 0.717) is 10.6 Å². The molecule has 0 aliphatic carbocycles. The third-order valence-corrected chi connectivity index (χ3v) is 2.40. The van der Waals surface area contributed by atoms with Gasteiger partial charge < -0.3 is 0 Å². The third-order valence-electron chi connectivity index (χ3n) is 2.09. The zero-order chi connectivity index (χ0) is 10.8. The van der Waals surface area contributed by atoms with Crippen LogP contribution in [0.1, 0.15) is 0 Å². The fraction of sp³-hybridized carbons (Fsp3) is 0. The number of benzene rings is 2.